The SMILES string of the molecule is C[C@H](N)CN(CCCO[Si](C)(C)C(C)(C)C)C(=O)OC(C)(C)C. The maximum atomic E-state index is 12.3. The maximum absolute atomic E-state index is 12.3. The van der Waals surface area contributed by atoms with Crippen LogP contribution in [0.5, 0.6) is 0 Å². The van der Waals surface area contributed by atoms with Crippen LogP contribution in [0.4, 0.5) is 4.79 Å². The van der Waals surface area contributed by atoms with Crippen LogP contribution >= 0.6 is 0 Å². The zero-order chi connectivity index (χ0) is 18.5. The predicted molar refractivity (Wildman–Crippen MR) is 99.2 cm³/mol. The molecule has 0 rings (SSSR count). The summed E-state index contributed by atoms with van der Waals surface area (Å²) in [5.41, 5.74) is 5.36. The monoisotopic (exact) mass is 346 g/mol. The van der Waals surface area contributed by atoms with Gasteiger partial charge in [0.2, 0.25) is 0 Å². The average Bonchev–Trinajstić information content (AvgIpc) is 2.28. The Bertz CT molecular complexity index is 371. The van der Waals surface area contributed by atoms with Gasteiger partial charge < -0.3 is 19.8 Å². The van der Waals surface area contributed by atoms with Gasteiger partial charge in [-0.15, -0.1) is 0 Å². The molecule has 2 N–H and O–H groups in total. The fourth-order valence-electron chi connectivity index (χ4n) is 1.73. The molecular formula is C17H38N2O3Si. The highest BCUT2D eigenvalue weighted by Gasteiger charge is 2.36. The summed E-state index contributed by atoms with van der Waals surface area (Å²) in [5, 5.41) is 0.198. The number of carbonyl (C=O) groups is 1. The van der Waals surface area contributed by atoms with Crippen molar-refractivity contribution >= 4 is 14.4 Å². The molecule has 138 valence electrons. The zero-order valence-corrected chi connectivity index (χ0v) is 17.7. The molecule has 1 atom stereocenters. The van der Waals surface area contributed by atoms with E-state index in [1.165, 1.54) is 0 Å². The van der Waals surface area contributed by atoms with E-state index in [0.29, 0.717) is 19.7 Å². The van der Waals surface area contributed by atoms with E-state index < -0.39 is 13.9 Å². The predicted octanol–water partition coefficient (Wildman–Crippen LogP) is 3.98. The first-order valence-corrected chi connectivity index (χ1v) is 11.4. The first-order chi connectivity index (χ1) is 10.2. The van der Waals surface area contributed by atoms with Crippen LogP contribution in [-0.2, 0) is 9.16 Å². The van der Waals surface area contributed by atoms with Gasteiger partial charge in [0.1, 0.15) is 5.60 Å². The molecule has 1 amide bonds. The van der Waals surface area contributed by atoms with Crippen LogP contribution in [0.1, 0.15) is 54.9 Å². The van der Waals surface area contributed by atoms with Crippen molar-refractivity contribution in [1.82, 2.24) is 4.90 Å². The molecule has 0 saturated carbocycles. The first kappa shape index (κ1) is 22.4. The third-order valence-corrected chi connectivity index (χ3v) is 8.54. The molecule has 0 heterocycles. The Morgan fingerprint density at radius 1 is 1.17 bits per heavy atom. The first-order valence-electron chi connectivity index (χ1n) is 8.53. The average molecular weight is 347 g/mol. The van der Waals surface area contributed by atoms with Crippen molar-refractivity contribution in [2.24, 2.45) is 5.73 Å². The smallest absolute Gasteiger partial charge is 0.410 e. The van der Waals surface area contributed by atoms with Crippen molar-refractivity contribution in [3.63, 3.8) is 0 Å². The molecule has 0 spiro atoms. The Hall–Kier alpha value is -0.593. The van der Waals surface area contributed by atoms with Crippen molar-refractivity contribution in [2.75, 3.05) is 19.7 Å². The molecule has 0 aliphatic rings. The molecule has 0 aliphatic carbocycles. The second kappa shape index (κ2) is 8.49. The molecule has 0 aromatic carbocycles. The summed E-state index contributed by atoms with van der Waals surface area (Å²) in [6.07, 6.45) is 0.487. The maximum Gasteiger partial charge on any atom is 0.410 e. The van der Waals surface area contributed by atoms with Crippen molar-refractivity contribution < 1.29 is 14.0 Å². The molecule has 5 nitrogen and oxygen atoms in total. The number of hydrogen-bond donors (Lipinski definition) is 1. The quantitative estimate of drug-likeness (QED) is 0.559. The lowest BCUT2D eigenvalue weighted by Gasteiger charge is -2.36. The van der Waals surface area contributed by atoms with E-state index in [2.05, 4.69) is 33.9 Å². The Balaban J connectivity index is 4.50. The van der Waals surface area contributed by atoms with Crippen molar-refractivity contribution in [3.05, 3.63) is 0 Å². The van der Waals surface area contributed by atoms with E-state index in [-0.39, 0.29) is 17.2 Å². The molecular weight excluding hydrogens is 308 g/mol. The Labute approximate surface area is 144 Å². The third-order valence-electron chi connectivity index (χ3n) is 4.00. The number of amides is 1. The Morgan fingerprint density at radius 3 is 2.09 bits per heavy atom. The van der Waals surface area contributed by atoms with Gasteiger partial charge in [-0.1, -0.05) is 20.8 Å². The molecule has 0 saturated heterocycles. The molecule has 0 fully saturated rings. The zero-order valence-electron chi connectivity index (χ0n) is 16.7. The topological polar surface area (TPSA) is 64.8 Å². The van der Waals surface area contributed by atoms with Crippen molar-refractivity contribution in [1.29, 1.82) is 0 Å². The molecule has 0 bridgehead atoms. The fraction of sp³-hybridized carbons (Fsp3) is 0.941. The minimum absolute atomic E-state index is 0.0798. The second-order valence-electron chi connectivity index (χ2n) is 8.87. The van der Waals surface area contributed by atoms with E-state index >= 15 is 0 Å². The van der Waals surface area contributed by atoms with Gasteiger partial charge in [-0.25, -0.2) is 4.79 Å². The van der Waals surface area contributed by atoms with E-state index in [1.54, 1.807) is 4.90 Å². The summed E-state index contributed by atoms with van der Waals surface area (Å²) in [4.78, 5) is 13.9. The lowest BCUT2D eigenvalue weighted by molar-refractivity contribution is 0.0233. The van der Waals surface area contributed by atoms with Crippen LogP contribution in [-0.4, -0.2) is 50.6 Å². The van der Waals surface area contributed by atoms with Gasteiger partial charge in [0.05, 0.1) is 0 Å². The number of nitrogens with zero attached hydrogens (tertiary/aromatic N) is 1. The highest BCUT2D eigenvalue weighted by molar-refractivity contribution is 6.74. The van der Waals surface area contributed by atoms with E-state index in [1.807, 2.05) is 27.7 Å². The fourth-order valence-corrected chi connectivity index (χ4v) is 2.82. The molecule has 6 heteroatoms. The van der Waals surface area contributed by atoms with Gasteiger partial charge in [0.25, 0.3) is 0 Å². The summed E-state index contributed by atoms with van der Waals surface area (Å²) in [7, 11) is -1.73. The highest BCUT2D eigenvalue weighted by atomic mass is 28.4. The van der Waals surface area contributed by atoms with Crippen LogP contribution in [0, 0.1) is 0 Å². The van der Waals surface area contributed by atoms with Gasteiger partial charge >= 0.3 is 6.09 Å². The van der Waals surface area contributed by atoms with Gasteiger partial charge in [-0.05, 0) is 52.2 Å². The van der Waals surface area contributed by atoms with Gasteiger partial charge in [0.15, 0.2) is 8.32 Å². The number of carbonyl (C=O) groups excluding carboxylic acids is 1. The molecule has 0 aromatic rings. The van der Waals surface area contributed by atoms with E-state index in [0.717, 1.165) is 6.42 Å². The Kier molecular flexibility index (Phi) is 8.27. The van der Waals surface area contributed by atoms with Crippen LogP contribution < -0.4 is 5.73 Å². The molecule has 23 heavy (non-hydrogen) atoms. The number of nitrogens with two attached hydrogens (primary N) is 1. The van der Waals surface area contributed by atoms with Gasteiger partial charge in [0, 0.05) is 25.7 Å². The minimum Gasteiger partial charge on any atom is -0.444 e. The summed E-state index contributed by atoms with van der Waals surface area (Å²) in [6.45, 7) is 20.4. The van der Waals surface area contributed by atoms with Gasteiger partial charge in [-0.2, -0.15) is 0 Å². The second-order valence-corrected chi connectivity index (χ2v) is 13.7. The van der Waals surface area contributed by atoms with Crippen molar-refractivity contribution in [3.8, 4) is 0 Å². The standard InChI is InChI=1S/C17H38N2O3Si/c1-14(18)13-19(15(20)22-16(2,3)4)11-10-12-21-23(8,9)17(5,6)7/h14H,10-13,18H2,1-9H3/t14-/m0/s1. The lowest BCUT2D eigenvalue weighted by atomic mass is 10.2. The molecule has 0 aliphatic heterocycles. The van der Waals surface area contributed by atoms with E-state index in [4.69, 9.17) is 14.9 Å². The lowest BCUT2D eigenvalue weighted by Crippen LogP contribution is -2.44. The highest BCUT2D eigenvalue weighted by Crippen LogP contribution is 2.36. The van der Waals surface area contributed by atoms with Crippen LogP contribution in [0.15, 0.2) is 0 Å². The third kappa shape index (κ3) is 9.32. The summed E-state index contributed by atoms with van der Waals surface area (Å²) >= 11 is 0. The Morgan fingerprint density at radius 2 is 1.70 bits per heavy atom. The summed E-state index contributed by atoms with van der Waals surface area (Å²) in [5.74, 6) is 0. The number of rotatable bonds is 7. The molecule has 0 aromatic heterocycles. The van der Waals surface area contributed by atoms with Crippen molar-refractivity contribution in [2.45, 2.75) is 84.7 Å². The van der Waals surface area contributed by atoms with Crippen LogP contribution in [0.3, 0.4) is 0 Å². The minimum atomic E-state index is -1.73. The number of hydrogen-bond acceptors (Lipinski definition) is 4. The normalized spacial score (nSPS) is 14.5. The molecule has 0 unspecified atom stereocenters. The largest absolute Gasteiger partial charge is 0.444 e. The summed E-state index contributed by atoms with van der Waals surface area (Å²) in [6, 6.07) is -0.0798. The number of ether oxygens (including phenoxy) is 1. The van der Waals surface area contributed by atoms with Crippen LogP contribution in [0.2, 0.25) is 18.1 Å². The summed E-state index contributed by atoms with van der Waals surface area (Å²) < 4.78 is 11.6. The van der Waals surface area contributed by atoms with Crippen LogP contribution in [0.25, 0.3) is 0 Å². The molecule has 0 radical (unpaired) electrons. The van der Waals surface area contributed by atoms with E-state index in [9.17, 15) is 4.79 Å². The van der Waals surface area contributed by atoms with Gasteiger partial charge in [-0.3, -0.25) is 0 Å².